The smallest absolute Gasteiger partial charge is 0.272 e. The van der Waals surface area contributed by atoms with Crippen molar-refractivity contribution in [3.63, 3.8) is 0 Å². The third-order valence-corrected chi connectivity index (χ3v) is 4.03. The molecule has 0 bridgehead atoms. The number of aromatic nitrogens is 3. The van der Waals surface area contributed by atoms with Crippen LogP contribution in [0.2, 0.25) is 0 Å². The van der Waals surface area contributed by atoms with Gasteiger partial charge >= 0.3 is 0 Å². The SMILES string of the molecule is O=C(c1cccc(-n2cccn2)n1)N1CCCC1CCCO. The molecule has 6 nitrogen and oxygen atoms in total. The zero-order valence-electron chi connectivity index (χ0n) is 12.4. The van der Waals surface area contributed by atoms with Gasteiger partial charge in [0.2, 0.25) is 0 Å². The van der Waals surface area contributed by atoms with Crippen molar-refractivity contribution in [2.75, 3.05) is 13.2 Å². The largest absolute Gasteiger partial charge is 0.396 e. The maximum absolute atomic E-state index is 12.7. The molecule has 1 unspecified atom stereocenters. The van der Waals surface area contributed by atoms with Crippen molar-refractivity contribution in [3.8, 4) is 5.82 Å². The van der Waals surface area contributed by atoms with E-state index in [0.29, 0.717) is 11.5 Å². The molecule has 22 heavy (non-hydrogen) atoms. The second kappa shape index (κ2) is 6.70. The molecule has 6 heteroatoms. The average molecular weight is 300 g/mol. The van der Waals surface area contributed by atoms with Crippen LogP contribution in [0.25, 0.3) is 5.82 Å². The van der Waals surface area contributed by atoms with Crippen molar-refractivity contribution in [1.82, 2.24) is 19.7 Å². The van der Waals surface area contributed by atoms with E-state index in [0.717, 1.165) is 32.2 Å². The van der Waals surface area contributed by atoms with Crippen molar-refractivity contribution in [1.29, 1.82) is 0 Å². The molecule has 1 amide bonds. The molecule has 0 radical (unpaired) electrons. The van der Waals surface area contributed by atoms with Gasteiger partial charge in [-0.25, -0.2) is 9.67 Å². The summed E-state index contributed by atoms with van der Waals surface area (Å²) in [6.45, 7) is 0.939. The Balaban J connectivity index is 1.78. The molecule has 1 atom stereocenters. The Morgan fingerprint density at radius 1 is 1.36 bits per heavy atom. The number of nitrogens with zero attached hydrogens (tertiary/aromatic N) is 4. The molecular weight excluding hydrogens is 280 g/mol. The van der Waals surface area contributed by atoms with E-state index >= 15 is 0 Å². The number of carbonyl (C=O) groups is 1. The number of rotatable bonds is 5. The second-order valence-electron chi connectivity index (χ2n) is 5.49. The van der Waals surface area contributed by atoms with Crippen molar-refractivity contribution in [3.05, 3.63) is 42.4 Å². The third kappa shape index (κ3) is 3.01. The van der Waals surface area contributed by atoms with E-state index in [1.807, 2.05) is 23.1 Å². The minimum atomic E-state index is -0.0329. The number of aliphatic hydroxyl groups excluding tert-OH is 1. The quantitative estimate of drug-likeness (QED) is 0.911. The Labute approximate surface area is 129 Å². The standard InChI is InChI=1S/C16H20N4O2/c21-12-3-6-13-5-2-10-19(13)16(22)14-7-1-8-15(18-14)20-11-4-9-17-20/h1,4,7-9,11,13,21H,2-3,5-6,10,12H2. The normalized spacial score (nSPS) is 17.9. The lowest BCUT2D eigenvalue weighted by Gasteiger charge is -2.24. The Morgan fingerprint density at radius 3 is 3.05 bits per heavy atom. The summed E-state index contributed by atoms with van der Waals surface area (Å²) in [5, 5.41) is 13.1. The molecular formula is C16H20N4O2. The first-order chi connectivity index (χ1) is 10.8. The fraction of sp³-hybridized carbons (Fsp3) is 0.438. The molecule has 3 heterocycles. The van der Waals surface area contributed by atoms with Gasteiger partial charge in [-0.15, -0.1) is 0 Å². The highest BCUT2D eigenvalue weighted by molar-refractivity contribution is 5.92. The maximum atomic E-state index is 12.7. The van der Waals surface area contributed by atoms with Gasteiger partial charge in [0.25, 0.3) is 5.91 Å². The van der Waals surface area contributed by atoms with Crippen LogP contribution in [0.3, 0.4) is 0 Å². The van der Waals surface area contributed by atoms with Crippen molar-refractivity contribution in [2.45, 2.75) is 31.7 Å². The van der Waals surface area contributed by atoms with Gasteiger partial charge in [0.1, 0.15) is 5.69 Å². The van der Waals surface area contributed by atoms with Crippen LogP contribution < -0.4 is 0 Å². The predicted molar refractivity (Wildman–Crippen MR) is 81.7 cm³/mol. The summed E-state index contributed by atoms with van der Waals surface area (Å²) >= 11 is 0. The third-order valence-electron chi connectivity index (χ3n) is 4.03. The number of hydrogen-bond acceptors (Lipinski definition) is 4. The summed E-state index contributed by atoms with van der Waals surface area (Å²) < 4.78 is 1.64. The van der Waals surface area contributed by atoms with Crippen LogP contribution in [0.1, 0.15) is 36.2 Å². The fourth-order valence-electron chi connectivity index (χ4n) is 2.95. The molecule has 1 aliphatic rings. The molecule has 0 aliphatic carbocycles. The van der Waals surface area contributed by atoms with Crippen LogP contribution in [0.4, 0.5) is 0 Å². The Morgan fingerprint density at radius 2 is 2.27 bits per heavy atom. The van der Waals surface area contributed by atoms with E-state index in [-0.39, 0.29) is 18.6 Å². The fourth-order valence-corrected chi connectivity index (χ4v) is 2.95. The van der Waals surface area contributed by atoms with E-state index < -0.39 is 0 Å². The molecule has 1 N–H and O–H groups in total. The van der Waals surface area contributed by atoms with Gasteiger partial charge in [0.05, 0.1) is 0 Å². The van der Waals surface area contributed by atoms with E-state index in [1.165, 1.54) is 0 Å². The summed E-state index contributed by atoms with van der Waals surface area (Å²) in [6, 6.07) is 7.44. The monoisotopic (exact) mass is 300 g/mol. The molecule has 0 spiro atoms. The summed E-state index contributed by atoms with van der Waals surface area (Å²) in [5.74, 6) is 0.608. The molecule has 0 saturated carbocycles. The number of pyridine rings is 1. The summed E-state index contributed by atoms with van der Waals surface area (Å²) in [4.78, 5) is 19.0. The van der Waals surface area contributed by atoms with Gasteiger partial charge in [-0.2, -0.15) is 5.10 Å². The van der Waals surface area contributed by atoms with E-state index in [4.69, 9.17) is 5.11 Å². The van der Waals surface area contributed by atoms with E-state index in [2.05, 4.69) is 10.1 Å². The minimum Gasteiger partial charge on any atom is -0.396 e. The van der Waals surface area contributed by atoms with Crippen molar-refractivity contribution >= 4 is 5.91 Å². The summed E-state index contributed by atoms with van der Waals surface area (Å²) in [6.07, 6.45) is 7.08. The van der Waals surface area contributed by atoms with Gasteiger partial charge in [-0.3, -0.25) is 4.79 Å². The van der Waals surface area contributed by atoms with Gasteiger partial charge < -0.3 is 10.0 Å². The molecule has 2 aromatic rings. The molecule has 3 rings (SSSR count). The first-order valence-corrected chi connectivity index (χ1v) is 7.68. The lowest BCUT2D eigenvalue weighted by Crippen LogP contribution is -2.36. The molecule has 1 aliphatic heterocycles. The second-order valence-corrected chi connectivity index (χ2v) is 5.49. The highest BCUT2D eigenvalue weighted by atomic mass is 16.3. The van der Waals surface area contributed by atoms with Crippen molar-refractivity contribution < 1.29 is 9.90 Å². The van der Waals surface area contributed by atoms with E-state index in [1.54, 1.807) is 23.1 Å². The van der Waals surface area contributed by atoms with Crippen LogP contribution in [0.5, 0.6) is 0 Å². The average Bonchev–Trinajstić information content (AvgIpc) is 3.23. The lowest BCUT2D eigenvalue weighted by molar-refractivity contribution is 0.0718. The Kier molecular flexibility index (Phi) is 4.48. The molecule has 1 saturated heterocycles. The summed E-state index contributed by atoms with van der Waals surface area (Å²) in [5.41, 5.74) is 0.448. The zero-order chi connectivity index (χ0) is 15.4. The lowest BCUT2D eigenvalue weighted by atomic mass is 10.1. The molecule has 2 aromatic heterocycles. The first-order valence-electron chi connectivity index (χ1n) is 7.68. The minimum absolute atomic E-state index is 0.0329. The molecule has 1 fully saturated rings. The van der Waals surface area contributed by atoms with Crippen LogP contribution in [0.15, 0.2) is 36.7 Å². The van der Waals surface area contributed by atoms with Gasteiger partial charge in [0.15, 0.2) is 5.82 Å². The highest BCUT2D eigenvalue weighted by Crippen LogP contribution is 2.23. The summed E-state index contributed by atoms with van der Waals surface area (Å²) in [7, 11) is 0. The zero-order valence-corrected chi connectivity index (χ0v) is 12.4. The highest BCUT2D eigenvalue weighted by Gasteiger charge is 2.29. The van der Waals surface area contributed by atoms with Crippen LogP contribution >= 0.6 is 0 Å². The van der Waals surface area contributed by atoms with Crippen LogP contribution in [0, 0.1) is 0 Å². The number of carbonyl (C=O) groups excluding carboxylic acids is 1. The number of amides is 1. The Bertz CT molecular complexity index is 627. The maximum Gasteiger partial charge on any atom is 0.272 e. The number of likely N-dealkylation sites (tertiary alicyclic amines) is 1. The van der Waals surface area contributed by atoms with Crippen molar-refractivity contribution in [2.24, 2.45) is 0 Å². The van der Waals surface area contributed by atoms with Crippen LogP contribution in [-0.2, 0) is 0 Å². The van der Waals surface area contributed by atoms with Gasteiger partial charge in [-0.1, -0.05) is 6.07 Å². The van der Waals surface area contributed by atoms with E-state index in [9.17, 15) is 4.79 Å². The van der Waals surface area contributed by atoms with Gasteiger partial charge in [0, 0.05) is 31.6 Å². The van der Waals surface area contributed by atoms with Crippen LogP contribution in [-0.4, -0.2) is 49.9 Å². The predicted octanol–water partition coefficient (Wildman–Crippen LogP) is 1.64. The number of hydrogen-bond donors (Lipinski definition) is 1. The topological polar surface area (TPSA) is 71.2 Å². The first kappa shape index (κ1) is 14.7. The molecule has 116 valence electrons. The van der Waals surface area contributed by atoms with Gasteiger partial charge in [-0.05, 0) is 43.9 Å². The number of aliphatic hydroxyl groups is 1. The Hall–Kier alpha value is -2.21. The molecule has 0 aromatic carbocycles.